The van der Waals surface area contributed by atoms with E-state index in [1.165, 1.54) is 19.4 Å². The molecular weight excluding hydrogens is 396 g/mol. The Bertz CT molecular complexity index is 787. The van der Waals surface area contributed by atoms with Crippen molar-refractivity contribution in [3.63, 3.8) is 0 Å². The van der Waals surface area contributed by atoms with Crippen LogP contribution in [0.4, 0.5) is 0 Å². The maximum atomic E-state index is 12.8. The van der Waals surface area contributed by atoms with Crippen LogP contribution in [0.3, 0.4) is 0 Å². The van der Waals surface area contributed by atoms with Gasteiger partial charge >= 0.3 is 11.9 Å². The predicted octanol–water partition coefficient (Wildman–Crippen LogP) is 3.60. The number of esters is 2. The van der Waals surface area contributed by atoms with Gasteiger partial charge in [-0.2, -0.15) is 0 Å². The zero-order valence-corrected chi connectivity index (χ0v) is 19.0. The number of hydrogen-bond donors (Lipinski definition) is 1. The molecule has 4 rings (SSSR count). The molecule has 172 valence electrons. The van der Waals surface area contributed by atoms with Gasteiger partial charge < -0.3 is 14.6 Å². The number of allylic oxidation sites excluding steroid dienone is 2. The number of ether oxygens (including phenoxy) is 2. The number of ketones is 1. The molecule has 4 aliphatic rings. The van der Waals surface area contributed by atoms with Gasteiger partial charge in [-0.1, -0.05) is 18.6 Å². The third-order valence-electron chi connectivity index (χ3n) is 9.15. The molecule has 3 fully saturated rings. The van der Waals surface area contributed by atoms with E-state index in [2.05, 4.69) is 13.0 Å². The summed E-state index contributed by atoms with van der Waals surface area (Å²) in [5.74, 6) is 0.463. The first-order valence-corrected chi connectivity index (χ1v) is 11.9. The minimum atomic E-state index is -0.416. The van der Waals surface area contributed by atoms with Crippen LogP contribution in [0.1, 0.15) is 72.1 Å². The minimum absolute atomic E-state index is 0.0230. The minimum Gasteiger partial charge on any atom is -0.463 e. The van der Waals surface area contributed by atoms with E-state index in [1.54, 1.807) is 0 Å². The van der Waals surface area contributed by atoms with Crippen molar-refractivity contribution in [1.29, 1.82) is 0 Å². The van der Waals surface area contributed by atoms with Crippen molar-refractivity contribution in [1.82, 2.24) is 0 Å². The lowest BCUT2D eigenvalue weighted by molar-refractivity contribution is -0.160. The molecule has 7 atom stereocenters. The molecule has 0 aromatic rings. The van der Waals surface area contributed by atoms with Gasteiger partial charge in [-0.15, -0.1) is 0 Å². The highest BCUT2D eigenvalue weighted by Crippen LogP contribution is 2.66. The van der Waals surface area contributed by atoms with Crippen LogP contribution in [0.15, 0.2) is 11.6 Å². The van der Waals surface area contributed by atoms with Crippen LogP contribution in [-0.2, 0) is 23.9 Å². The third-order valence-corrected chi connectivity index (χ3v) is 9.15. The second kappa shape index (κ2) is 8.34. The molecule has 0 saturated heterocycles. The largest absolute Gasteiger partial charge is 0.463 e. The van der Waals surface area contributed by atoms with E-state index < -0.39 is 5.97 Å². The summed E-state index contributed by atoms with van der Waals surface area (Å²) in [5.41, 5.74) is 1.12. The molecule has 0 aromatic heterocycles. The molecule has 6 nitrogen and oxygen atoms in total. The fourth-order valence-electron chi connectivity index (χ4n) is 7.76. The molecule has 0 aliphatic heterocycles. The van der Waals surface area contributed by atoms with Gasteiger partial charge in [-0.3, -0.25) is 14.4 Å². The molecular formula is C25H36O6. The van der Waals surface area contributed by atoms with E-state index in [0.717, 1.165) is 51.4 Å². The van der Waals surface area contributed by atoms with Crippen molar-refractivity contribution in [3.05, 3.63) is 11.6 Å². The molecule has 6 heteroatoms. The Morgan fingerprint density at radius 2 is 1.87 bits per heavy atom. The van der Waals surface area contributed by atoms with Crippen molar-refractivity contribution in [3.8, 4) is 0 Å². The summed E-state index contributed by atoms with van der Waals surface area (Å²) in [7, 11) is 0. The second-order valence-corrected chi connectivity index (χ2v) is 10.5. The SMILES string of the molecule is CC(=O)OCC(=O)[C@H]1CC=C2[C@@H]3CCC4CC(OC(C)=O)CC[C@]4(CO)[C@H]3CC[C@@]21C. The number of carbonyl (C=O) groups excluding carboxylic acids is 3. The van der Waals surface area contributed by atoms with Crippen molar-refractivity contribution in [2.75, 3.05) is 13.2 Å². The summed E-state index contributed by atoms with van der Waals surface area (Å²) >= 11 is 0. The van der Waals surface area contributed by atoms with Crippen LogP contribution in [-0.4, -0.2) is 42.1 Å². The summed E-state index contributed by atoms with van der Waals surface area (Å²) in [5, 5.41) is 10.6. The van der Waals surface area contributed by atoms with Crippen LogP contribution in [0.5, 0.6) is 0 Å². The third kappa shape index (κ3) is 3.75. The molecule has 31 heavy (non-hydrogen) atoms. The standard InChI is InChI=1S/C25H36O6/c1-15(27)30-13-23(29)22-7-6-20-19-5-4-17-12-18(31-16(2)28)8-11-25(17,14-26)21(19)9-10-24(20,22)3/h6,17-19,21-22,26H,4-5,7-14H2,1-3H3/t17?,18?,19-,21-,22+,24-,25+/m0/s1. The lowest BCUT2D eigenvalue weighted by Gasteiger charge is -2.60. The Labute approximate surface area is 184 Å². The second-order valence-electron chi connectivity index (χ2n) is 10.5. The predicted molar refractivity (Wildman–Crippen MR) is 114 cm³/mol. The Balaban J connectivity index is 1.52. The van der Waals surface area contributed by atoms with Crippen molar-refractivity contribution >= 4 is 17.7 Å². The lowest BCUT2D eigenvalue weighted by atomic mass is 9.45. The Kier molecular flexibility index (Phi) is 6.06. The van der Waals surface area contributed by atoms with Crippen LogP contribution in [0.25, 0.3) is 0 Å². The van der Waals surface area contributed by atoms with Crippen LogP contribution in [0, 0.1) is 34.5 Å². The molecule has 3 saturated carbocycles. The van der Waals surface area contributed by atoms with Gasteiger partial charge in [-0.25, -0.2) is 0 Å². The van der Waals surface area contributed by atoms with Crippen molar-refractivity contribution in [2.45, 2.75) is 78.2 Å². The first-order chi connectivity index (χ1) is 14.7. The Hall–Kier alpha value is -1.69. The fourth-order valence-corrected chi connectivity index (χ4v) is 7.76. The van der Waals surface area contributed by atoms with E-state index in [-0.39, 0.29) is 47.8 Å². The molecule has 0 radical (unpaired) electrons. The smallest absolute Gasteiger partial charge is 0.303 e. The fraction of sp³-hybridized carbons (Fsp3) is 0.800. The highest BCUT2D eigenvalue weighted by atomic mass is 16.5. The Morgan fingerprint density at radius 1 is 1.10 bits per heavy atom. The summed E-state index contributed by atoms with van der Waals surface area (Å²) < 4.78 is 10.5. The number of rotatable bonds is 5. The van der Waals surface area contributed by atoms with Gasteiger partial charge in [0.25, 0.3) is 0 Å². The molecule has 0 aromatic carbocycles. The molecule has 0 heterocycles. The summed E-state index contributed by atoms with van der Waals surface area (Å²) in [6.07, 6.45) is 9.57. The molecule has 0 amide bonds. The van der Waals surface area contributed by atoms with Gasteiger partial charge in [0.05, 0.1) is 0 Å². The van der Waals surface area contributed by atoms with E-state index in [1.807, 2.05) is 0 Å². The molecule has 0 bridgehead atoms. The number of aliphatic hydroxyl groups is 1. The van der Waals surface area contributed by atoms with Crippen molar-refractivity contribution in [2.24, 2.45) is 34.5 Å². The first kappa shape index (κ1) is 22.5. The van der Waals surface area contributed by atoms with Gasteiger partial charge in [0.1, 0.15) is 12.7 Å². The van der Waals surface area contributed by atoms with Crippen molar-refractivity contribution < 1.29 is 29.0 Å². The number of fused-ring (bicyclic) bond motifs is 5. The van der Waals surface area contributed by atoms with E-state index >= 15 is 0 Å². The van der Waals surface area contributed by atoms with Crippen LogP contribution < -0.4 is 0 Å². The molecule has 0 spiro atoms. The number of Topliss-reactive ketones (excluding diaryl/α,β-unsaturated/α-hetero) is 1. The first-order valence-electron chi connectivity index (χ1n) is 11.9. The molecule has 1 N–H and O–H groups in total. The van der Waals surface area contributed by atoms with Gasteiger partial charge in [0, 0.05) is 26.4 Å². The van der Waals surface area contributed by atoms with Crippen LogP contribution in [0.2, 0.25) is 0 Å². The monoisotopic (exact) mass is 432 g/mol. The average molecular weight is 433 g/mol. The van der Waals surface area contributed by atoms with Crippen LogP contribution >= 0.6 is 0 Å². The van der Waals surface area contributed by atoms with Gasteiger partial charge in [0.2, 0.25) is 0 Å². The average Bonchev–Trinajstić information content (AvgIpc) is 3.08. The summed E-state index contributed by atoms with van der Waals surface area (Å²) in [4.78, 5) is 35.5. The van der Waals surface area contributed by atoms with E-state index in [4.69, 9.17) is 9.47 Å². The molecule has 4 aliphatic carbocycles. The highest BCUT2D eigenvalue weighted by molar-refractivity contribution is 5.86. The maximum Gasteiger partial charge on any atom is 0.303 e. The lowest BCUT2D eigenvalue weighted by Crippen LogP contribution is -2.55. The van der Waals surface area contributed by atoms with Gasteiger partial charge in [-0.05, 0) is 80.0 Å². The zero-order chi connectivity index (χ0) is 22.4. The van der Waals surface area contributed by atoms with E-state index in [0.29, 0.717) is 17.8 Å². The van der Waals surface area contributed by atoms with E-state index in [9.17, 15) is 19.5 Å². The summed E-state index contributed by atoms with van der Waals surface area (Å²) in [6.45, 7) is 5.07. The topological polar surface area (TPSA) is 89.9 Å². The van der Waals surface area contributed by atoms with Gasteiger partial charge in [0.15, 0.2) is 5.78 Å². The zero-order valence-electron chi connectivity index (χ0n) is 19.0. The number of carbonyl (C=O) groups is 3. The number of aliphatic hydroxyl groups excluding tert-OH is 1. The highest BCUT2D eigenvalue weighted by Gasteiger charge is 2.60. The normalized spacial score (nSPS) is 41.3. The maximum absolute atomic E-state index is 12.8. The molecule has 2 unspecified atom stereocenters. The quantitative estimate of drug-likeness (QED) is 0.527. The summed E-state index contributed by atoms with van der Waals surface area (Å²) in [6, 6.07) is 0. The Morgan fingerprint density at radius 3 is 2.55 bits per heavy atom. The number of hydrogen-bond acceptors (Lipinski definition) is 6.